The smallest absolute Gasteiger partial charge is 0.260 e. The van der Waals surface area contributed by atoms with Crippen LogP contribution in [0.15, 0.2) is 36.4 Å². The van der Waals surface area contributed by atoms with Crippen LogP contribution in [0.25, 0.3) is 0 Å². The number of halogens is 3. The zero-order chi connectivity index (χ0) is 22.4. The van der Waals surface area contributed by atoms with Gasteiger partial charge in [-0.3, -0.25) is 9.59 Å². The first kappa shape index (κ1) is 22.5. The quantitative estimate of drug-likeness (QED) is 0.653. The van der Waals surface area contributed by atoms with Gasteiger partial charge in [-0.25, -0.2) is 13.2 Å². The van der Waals surface area contributed by atoms with Gasteiger partial charge in [0.2, 0.25) is 0 Å². The Morgan fingerprint density at radius 3 is 2.13 bits per heavy atom. The maximum absolute atomic E-state index is 14.0. The summed E-state index contributed by atoms with van der Waals surface area (Å²) in [6.45, 7) is 3.30. The molecule has 2 aromatic carbocycles. The lowest BCUT2D eigenvalue weighted by molar-refractivity contribution is -0.133. The predicted molar refractivity (Wildman–Crippen MR) is 107 cm³/mol. The van der Waals surface area contributed by atoms with E-state index in [0.717, 1.165) is 12.1 Å². The van der Waals surface area contributed by atoms with Crippen LogP contribution in [0.5, 0.6) is 11.5 Å². The number of ether oxygens (including phenoxy) is 2. The number of nitrogens with zero attached hydrogens (tertiary/aromatic N) is 2. The largest absolute Gasteiger partial charge is 0.494 e. The van der Waals surface area contributed by atoms with Gasteiger partial charge in [0.05, 0.1) is 12.2 Å². The molecule has 31 heavy (non-hydrogen) atoms. The topological polar surface area (TPSA) is 59.1 Å². The van der Waals surface area contributed by atoms with Gasteiger partial charge in [0.25, 0.3) is 11.8 Å². The van der Waals surface area contributed by atoms with Gasteiger partial charge in [-0.15, -0.1) is 0 Å². The third kappa shape index (κ3) is 5.48. The summed E-state index contributed by atoms with van der Waals surface area (Å²) in [5.74, 6) is -4.30. The Bertz CT molecular complexity index is 937. The second-order valence-corrected chi connectivity index (χ2v) is 6.94. The van der Waals surface area contributed by atoms with E-state index in [4.69, 9.17) is 9.47 Å². The van der Waals surface area contributed by atoms with Gasteiger partial charge >= 0.3 is 0 Å². The van der Waals surface area contributed by atoms with Crippen molar-refractivity contribution >= 4 is 11.8 Å². The van der Waals surface area contributed by atoms with Crippen LogP contribution in [0.3, 0.4) is 0 Å². The van der Waals surface area contributed by atoms with E-state index >= 15 is 0 Å². The minimum atomic E-state index is -1.68. The van der Waals surface area contributed by atoms with Crippen LogP contribution >= 0.6 is 0 Å². The Hall–Kier alpha value is -3.23. The monoisotopic (exact) mass is 436 g/mol. The summed E-state index contributed by atoms with van der Waals surface area (Å²) in [4.78, 5) is 27.9. The summed E-state index contributed by atoms with van der Waals surface area (Å²) in [6, 6.07) is 8.55. The van der Waals surface area contributed by atoms with Gasteiger partial charge in [-0.1, -0.05) is 0 Å². The first-order valence-corrected chi connectivity index (χ1v) is 9.97. The zero-order valence-electron chi connectivity index (χ0n) is 17.1. The molecule has 0 atom stereocenters. The van der Waals surface area contributed by atoms with E-state index in [1.165, 1.54) is 4.90 Å². The summed E-state index contributed by atoms with van der Waals surface area (Å²) >= 11 is 0. The molecular formula is C22H23F3N2O4. The van der Waals surface area contributed by atoms with Crippen molar-refractivity contribution < 1.29 is 32.2 Å². The van der Waals surface area contributed by atoms with Crippen molar-refractivity contribution in [2.45, 2.75) is 13.3 Å². The molecule has 0 aliphatic carbocycles. The van der Waals surface area contributed by atoms with Crippen molar-refractivity contribution in [3.63, 3.8) is 0 Å². The van der Waals surface area contributed by atoms with Crippen LogP contribution in [0.2, 0.25) is 0 Å². The Morgan fingerprint density at radius 1 is 0.839 bits per heavy atom. The molecule has 1 fully saturated rings. The number of hydrogen-bond acceptors (Lipinski definition) is 4. The van der Waals surface area contributed by atoms with Gasteiger partial charge < -0.3 is 19.3 Å². The average Bonchev–Trinajstić information content (AvgIpc) is 3.03. The molecule has 3 rings (SSSR count). The molecule has 166 valence electrons. The maximum atomic E-state index is 14.0. The standard InChI is InChI=1S/C22H23F3N2O4/c1-2-30-15-4-6-16(7-5-15)31-14-19(28)26-10-3-11-27(13-12-26)22(29)17-8-9-18(23)21(25)20(17)24/h4-9H,2-3,10-14H2,1H3. The highest BCUT2D eigenvalue weighted by Gasteiger charge is 2.26. The molecule has 9 heteroatoms. The zero-order valence-corrected chi connectivity index (χ0v) is 17.1. The first-order chi connectivity index (χ1) is 14.9. The molecule has 6 nitrogen and oxygen atoms in total. The molecule has 0 aromatic heterocycles. The van der Waals surface area contributed by atoms with E-state index in [9.17, 15) is 22.8 Å². The van der Waals surface area contributed by atoms with Crippen molar-refractivity contribution in [2.75, 3.05) is 39.4 Å². The number of rotatable bonds is 6. The molecule has 1 aliphatic rings. The number of carbonyl (C=O) groups excluding carboxylic acids is 2. The van der Waals surface area contributed by atoms with Gasteiger partial charge in [0.1, 0.15) is 11.5 Å². The summed E-state index contributed by atoms with van der Waals surface area (Å²) in [6.07, 6.45) is 0.464. The van der Waals surface area contributed by atoms with Crippen molar-refractivity contribution in [3.05, 3.63) is 59.4 Å². The number of benzene rings is 2. The van der Waals surface area contributed by atoms with Crippen LogP contribution in [-0.2, 0) is 4.79 Å². The molecule has 0 spiro atoms. The highest BCUT2D eigenvalue weighted by molar-refractivity contribution is 5.94. The third-order valence-electron chi connectivity index (χ3n) is 4.90. The fourth-order valence-electron chi connectivity index (χ4n) is 3.27. The van der Waals surface area contributed by atoms with Gasteiger partial charge in [-0.2, -0.15) is 0 Å². The lowest BCUT2D eigenvalue weighted by atomic mass is 10.1. The van der Waals surface area contributed by atoms with Crippen molar-refractivity contribution in [2.24, 2.45) is 0 Å². The third-order valence-corrected chi connectivity index (χ3v) is 4.90. The molecule has 0 saturated carbocycles. The summed E-state index contributed by atoms with van der Waals surface area (Å²) in [5, 5.41) is 0. The van der Waals surface area contributed by atoms with E-state index in [-0.39, 0.29) is 32.1 Å². The Balaban J connectivity index is 1.55. The molecule has 0 radical (unpaired) electrons. The minimum absolute atomic E-state index is 0.145. The average molecular weight is 436 g/mol. The van der Waals surface area contributed by atoms with E-state index in [1.807, 2.05) is 6.92 Å². The van der Waals surface area contributed by atoms with E-state index in [2.05, 4.69) is 0 Å². The lowest BCUT2D eigenvalue weighted by Gasteiger charge is -2.22. The fraction of sp³-hybridized carbons (Fsp3) is 0.364. The van der Waals surface area contributed by atoms with Crippen LogP contribution < -0.4 is 9.47 Å². The number of hydrogen-bond donors (Lipinski definition) is 0. The Morgan fingerprint density at radius 2 is 1.45 bits per heavy atom. The van der Waals surface area contributed by atoms with Crippen LogP contribution in [0.4, 0.5) is 13.2 Å². The van der Waals surface area contributed by atoms with Crippen molar-refractivity contribution in [1.82, 2.24) is 9.80 Å². The molecule has 2 amide bonds. The van der Waals surface area contributed by atoms with Gasteiger partial charge in [-0.05, 0) is 49.7 Å². The number of amides is 2. The molecule has 1 heterocycles. The van der Waals surface area contributed by atoms with E-state index in [1.54, 1.807) is 29.2 Å². The second kappa shape index (κ2) is 10.2. The SMILES string of the molecule is CCOc1ccc(OCC(=O)N2CCCN(C(=O)c3ccc(F)c(F)c3F)CC2)cc1. The molecule has 0 bridgehead atoms. The number of carbonyl (C=O) groups is 2. The molecule has 0 N–H and O–H groups in total. The van der Waals surface area contributed by atoms with E-state index in [0.29, 0.717) is 31.1 Å². The van der Waals surface area contributed by atoms with Crippen LogP contribution in [0, 0.1) is 17.5 Å². The lowest BCUT2D eigenvalue weighted by Crippen LogP contribution is -2.39. The maximum Gasteiger partial charge on any atom is 0.260 e. The van der Waals surface area contributed by atoms with Crippen molar-refractivity contribution in [1.29, 1.82) is 0 Å². The van der Waals surface area contributed by atoms with E-state index < -0.39 is 28.9 Å². The van der Waals surface area contributed by atoms with Crippen LogP contribution in [0.1, 0.15) is 23.7 Å². The fourth-order valence-corrected chi connectivity index (χ4v) is 3.27. The van der Waals surface area contributed by atoms with Crippen molar-refractivity contribution in [3.8, 4) is 11.5 Å². The molecule has 0 unspecified atom stereocenters. The summed E-state index contributed by atoms with van der Waals surface area (Å²) in [5.41, 5.74) is -0.530. The predicted octanol–water partition coefficient (Wildman–Crippen LogP) is 3.26. The molecule has 1 saturated heterocycles. The van der Waals surface area contributed by atoms with Crippen LogP contribution in [-0.4, -0.2) is 61.0 Å². The molecule has 2 aromatic rings. The molecular weight excluding hydrogens is 413 g/mol. The summed E-state index contributed by atoms with van der Waals surface area (Å²) < 4.78 is 51.4. The highest BCUT2D eigenvalue weighted by atomic mass is 19.2. The highest BCUT2D eigenvalue weighted by Crippen LogP contribution is 2.19. The minimum Gasteiger partial charge on any atom is -0.494 e. The van der Waals surface area contributed by atoms with Gasteiger partial charge in [0, 0.05) is 26.2 Å². The van der Waals surface area contributed by atoms with Gasteiger partial charge in [0.15, 0.2) is 24.1 Å². The first-order valence-electron chi connectivity index (χ1n) is 9.97. The summed E-state index contributed by atoms with van der Waals surface area (Å²) in [7, 11) is 0. The molecule has 1 aliphatic heterocycles. The Kier molecular flexibility index (Phi) is 7.38. The normalized spacial score (nSPS) is 14.2. The Labute approximate surface area is 178 Å². The second-order valence-electron chi connectivity index (χ2n) is 6.94.